The number of carbonyl (C=O) groups is 1. The van der Waals surface area contributed by atoms with E-state index in [1.54, 1.807) is 45.9 Å². The smallest absolute Gasteiger partial charge is 0.241 e. The molecule has 0 fully saturated rings. The summed E-state index contributed by atoms with van der Waals surface area (Å²) in [6, 6.07) is 4.88. The molecule has 8 heteroatoms. The largest absolute Gasteiger partial charge is 0.326 e. The van der Waals surface area contributed by atoms with Crippen molar-refractivity contribution in [3.63, 3.8) is 0 Å². The van der Waals surface area contributed by atoms with Crippen LogP contribution in [0.25, 0.3) is 0 Å². The van der Waals surface area contributed by atoms with Crippen LogP contribution in [-0.4, -0.2) is 33.5 Å². The summed E-state index contributed by atoms with van der Waals surface area (Å²) in [4.78, 5) is 12.1. The summed E-state index contributed by atoms with van der Waals surface area (Å²) >= 11 is 0. The second kappa shape index (κ2) is 9.36. The van der Waals surface area contributed by atoms with Gasteiger partial charge in [-0.2, -0.15) is 0 Å². The van der Waals surface area contributed by atoms with Crippen molar-refractivity contribution in [1.82, 2.24) is 10.0 Å². The van der Waals surface area contributed by atoms with Crippen LogP contribution >= 0.6 is 12.4 Å². The van der Waals surface area contributed by atoms with Gasteiger partial charge in [0.25, 0.3) is 0 Å². The lowest BCUT2D eigenvalue weighted by Gasteiger charge is -2.22. The number of anilines is 1. The standard InChI is InChI=1S/C16H27N3O3S.ClH/c1-12-13(18-15(20)10-7-11-17-5)8-6-9-14(12)23(21,22)19-16(2,3)4;/h6,8-9,17,19H,7,10-11H2,1-5H3,(H,18,20);1H. The van der Waals surface area contributed by atoms with Gasteiger partial charge < -0.3 is 10.6 Å². The zero-order valence-corrected chi connectivity index (χ0v) is 16.5. The molecule has 0 unspecified atom stereocenters. The second-order valence-corrected chi connectivity index (χ2v) is 8.19. The minimum absolute atomic E-state index is 0. The molecule has 24 heavy (non-hydrogen) atoms. The Hall–Kier alpha value is -1.15. The Labute approximate surface area is 151 Å². The van der Waals surface area contributed by atoms with Crippen LogP contribution in [0.2, 0.25) is 0 Å². The molecule has 0 aliphatic rings. The predicted octanol–water partition coefficient (Wildman–Crippen LogP) is 2.43. The minimum Gasteiger partial charge on any atom is -0.326 e. The van der Waals surface area contributed by atoms with E-state index >= 15 is 0 Å². The maximum absolute atomic E-state index is 12.5. The quantitative estimate of drug-likeness (QED) is 0.637. The van der Waals surface area contributed by atoms with E-state index in [1.165, 1.54) is 0 Å². The second-order valence-electron chi connectivity index (χ2n) is 6.54. The van der Waals surface area contributed by atoms with Gasteiger partial charge in [-0.05, 0) is 65.4 Å². The van der Waals surface area contributed by atoms with Gasteiger partial charge in [0.05, 0.1) is 4.90 Å². The van der Waals surface area contributed by atoms with Crippen molar-refractivity contribution < 1.29 is 13.2 Å². The van der Waals surface area contributed by atoms with Crippen LogP contribution in [0, 0.1) is 6.92 Å². The topological polar surface area (TPSA) is 87.3 Å². The Morgan fingerprint density at radius 1 is 1.21 bits per heavy atom. The molecule has 6 nitrogen and oxygen atoms in total. The Bertz CT molecular complexity index is 655. The molecule has 1 rings (SSSR count). The highest BCUT2D eigenvalue weighted by Gasteiger charge is 2.24. The highest BCUT2D eigenvalue weighted by molar-refractivity contribution is 7.89. The molecule has 0 aliphatic heterocycles. The molecule has 0 bridgehead atoms. The summed E-state index contributed by atoms with van der Waals surface area (Å²) in [7, 11) is -1.81. The van der Waals surface area contributed by atoms with Gasteiger partial charge in [-0.3, -0.25) is 4.79 Å². The number of nitrogens with one attached hydrogen (secondary N) is 3. The number of carbonyl (C=O) groups excluding carboxylic acids is 1. The number of hydrogen-bond acceptors (Lipinski definition) is 4. The molecule has 1 aromatic carbocycles. The van der Waals surface area contributed by atoms with E-state index in [2.05, 4.69) is 15.4 Å². The highest BCUT2D eigenvalue weighted by atomic mass is 35.5. The zero-order valence-electron chi connectivity index (χ0n) is 14.9. The van der Waals surface area contributed by atoms with E-state index in [0.29, 0.717) is 17.7 Å². The summed E-state index contributed by atoms with van der Waals surface area (Å²) in [6.45, 7) is 7.81. The lowest BCUT2D eigenvalue weighted by atomic mass is 10.1. The summed E-state index contributed by atoms with van der Waals surface area (Å²) in [5, 5.41) is 5.77. The molecule has 0 spiro atoms. The number of rotatable bonds is 7. The molecule has 1 amide bonds. The van der Waals surface area contributed by atoms with E-state index in [1.807, 2.05) is 7.05 Å². The van der Waals surface area contributed by atoms with Crippen LogP contribution in [0.3, 0.4) is 0 Å². The first kappa shape index (κ1) is 22.9. The van der Waals surface area contributed by atoms with Crippen LogP contribution in [0.4, 0.5) is 5.69 Å². The Balaban J connectivity index is 0.00000529. The van der Waals surface area contributed by atoms with E-state index in [4.69, 9.17) is 0 Å². The van der Waals surface area contributed by atoms with Gasteiger partial charge in [-0.25, -0.2) is 13.1 Å². The maximum Gasteiger partial charge on any atom is 0.241 e. The Kier molecular flexibility index (Phi) is 8.91. The SMILES string of the molecule is CNCCCC(=O)Nc1cccc(S(=O)(=O)NC(C)(C)C)c1C.Cl. The molecule has 0 radical (unpaired) electrons. The molecular formula is C16H28ClN3O3S. The normalized spacial score (nSPS) is 11.7. The average Bonchev–Trinajstić information content (AvgIpc) is 2.38. The van der Waals surface area contributed by atoms with Gasteiger partial charge in [0.2, 0.25) is 15.9 Å². The van der Waals surface area contributed by atoms with Crippen molar-refractivity contribution in [2.75, 3.05) is 18.9 Å². The van der Waals surface area contributed by atoms with Crippen molar-refractivity contribution in [3.8, 4) is 0 Å². The fourth-order valence-electron chi connectivity index (χ4n) is 2.14. The van der Waals surface area contributed by atoms with Gasteiger partial charge in [-0.15, -0.1) is 12.4 Å². The molecule has 0 saturated heterocycles. The first-order valence-electron chi connectivity index (χ1n) is 7.65. The van der Waals surface area contributed by atoms with Crippen LogP contribution < -0.4 is 15.4 Å². The minimum atomic E-state index is -3.64. The number of benzene rings is 1. The maximum atomic E-state index is 12.5. The van der Waals surface area contributed by atoms with Crippen LogP contribution in [-0.2, 0) is 14.8 Å². The van der Waals surface area contributed by atoms with Crippen LogP contribution in [0.5, 0.6) is 0 Å². The van der Waals surface area contributed by atoms with Gasteiger partial charge in [0.1, 0.15) is 0 Å². The average molecular weight is 378 g/mol. The zero-order chi connectivity index (χ0) is 17.7. The van der Waals surface area contributed by atoms with Gasteiger partial charge in [0.15, 0.2) is 0 Å². The number of hydrogen-bond donors (Lipinski definition) is 3. The lowest BCUT2D eigenvalue weighted by molar-refractivity contribution is -0.116. The molecule has 138 valence electrons. The third-order valence-electron chi connectivity index (χ3n) is 3.12. The molecule has 3 N–H and O–H groups in total. The summed E-state index contributed by atoms with van der Waals surface area (Å²) in [5.74, 6) is -0.123. The third kappa shape index (κ3) is 7.17. The molecule has 0 saturated carbocycles. The Morgan fingerprint density at radius 3 is 2.38 bits per heavy atom. The molecule has 0 heterocycles. The van der Waals surface area contributed by atoms with Crippen molar-refractivity contribution in [1.29, 1.82) is 0 Å². The van der Waals surface area contributed by atoms with Crippen molar-refractivity contribution in [2.24, 2.45) is 0 Å². The molecular weight excluding hydrogens is 350 g/mol. The van der Waals surface area contributed by atoms with Gasteiger partial charge in [-0.1, -0.05) is 6.07 Å². The fraction of sp³-hybridized carbons (Fsp3) is 0.562. The lowest BCUT2D eigenvalue weighted by Crippen LogP contribution is -2.40. The molecule has 0 atom stereocenters. The molecule has 1 aromatic rings. The van der Waals surface area contributed by atoms with Crippen LogP contribution in [0.1, 0.15) is 39.2 Å². The summed E-state index contributed by atoms with van der Waals surface area (Å²) in [5.41, 5.74) is 0.486. The first-order chi connectivity index (χ1) is 10.6. The number of halogens is 1. The van der Waals surface area contributed by atoms with Crippen molar-refractivity contribution in [3.05, 3.63) is 23.8 Å². The van der Waals surface area contributed by atoms with E-state index < -0.39 is 15.6 Å². The van der Waals surface area contributed by atoms with Crippen molar-refractivity contribution in [2.45, 2.75) is 51.0 Å². The first-order valence-corrected chi connectivity index (χ1v) is 9.13. The van der Waals surface area contributed by atoms with E-state index in [9.17, 15) is 13.2 Å². The molecule has 0 aliphatic carbocycles. The van der Waals surface area contributed by atoms with Gasteiger partial charge >= 0.3 is 0 Å². The van der Waals surface area contributed by atoms with Crippen LogP contribution in [0.15, 0.2) is 23.1 Å². The van der Waals surface area contributed by atoms with E-state index in [0.717, 1.165) is 13.0 Å². The monoisotopic (exact) mass is 377 g/mol. The highest BCUT2D eigenvalue weighted by Crippen LogP contribution is 2.24. The molecule has 0 aromatic heterocycles. The van der Waals surface area contributed by atoms with Gasteiger partial charge in [0, 0.05) is 17.6 Å². The predicted molar refractivity (Wildman–Crippen MR) is 100 cm³/mol. The third-order valence-corrected chi connectivity index (χ3v) is 5.02. The fourth-order valence-corrected chi connectivity index (χ4v) is 3.82. The summed E-state index contributed by atoms with van der Waals surface area (Å²) in [6.07, 6.45) is 1.11. The Morgan fingerprint density at radius 2 is 1.83 bits per heavy atom. The summed E-state index contributed by atoms with van der Waals surface area (Å²) < 4.78 is 27.6. The van der Waals surface area contributed by atoms with Crippen molar-refractivity contribution >= 4 is 34.0 Å². The number of sulfonamides is 1. The number of amides is 1. The van der Waals surface area contributed by atoms with E-state index in [-0.39, 0.29) is 23.2 Å².